The van der Waals surface area contributed by atoms with E-state index in [1.807, 2.05) is 0 Å². The molecule has 2 N–H and O–H groups in total. The normalized spacial score (nSPS) is 11.9. The third-order valence-corrected chi connectivity index (χ3v) is 4.04. The van der Waals surface area contributed by atoms with E-state index in [4.69, 9.17) is 5.73 Å². The van der Waals surface area contributed by atoms with E-state index in [1.165, 1.54) is 23.9 Å². The minimum absolute atomic E-state index is 0.185. The summed E-state index contributed by atoms with van der Waals surface area (Å²) in [5, 5.41) is 8.54. The maximum absolute atomic E-state index is 12.9. The zero-order valence-electron chi connectivity index (χ0n) is 11.4. The predicted octanol–water partition coefficient (Wildman–Crippen LogP) is 2.63. The van der Waals surface area contributed by atoms with Crippen LogP contribution in [0.1, 0.15) is 17.0 Å². The average Bonchev–Trinajstić information content (AvgIpc) is 2.77. The number of hydrogen-bond acceptors (Lipinski definition) is 4. The van der Waals surface area contributed by atoms with Crippen LogP contribution in [0.25, 0.3) is 0 Å². The van der Waals surface area contributed by atoms with Crippen molar-refractivity contribution < 1.29 is 13.2 Å². The number of aromatic nitrogens is 3. The lowest BCUT2D eigenvalue weighted by Crippen LogP contribution is -2.09. The Morgan fingerprint density at radius 2 is 1.95 bits per heavy atom. The highest BCUT2D eigenvalue weighted by molar-refractivity contribution is 7.98. The zero-order valence-corrected chi connectivity index (χ0v) is 12.2. The molecule has 114 valence electrons. The van der Waals surface area contributed by atoms with Crippen LogP contribution in [0.15, 0.2) is 29.4 Å². The van der Waals surface area contributed by atoms with Gasteiger partial charge in [0.2, 0.25) is 0 Å². The van der Waals surface area contributed by atoms with Crippen LogP contribution in [0.2, 0.25) is 0 Å². The molecule has 0 bridgehead atoms. The Morgan fingerprint density at radius 1 is 1.24 bits per heavy atom. The van der Waals surface area contributed by atoms with Gasteiger partial charge in [0.15, 0.2) is 5.16 Å². The summed E-state index contributed by atoms with van der Waals surface area (Å²) in [7, 11) is 1.78. The number of benzene rings is 1. The van der Waals surface area contributed by atoms with Crippen LogP contribution >= 0.6 is 11.8 Å². The number of nitrogens with zero attached hydrogens (tertiary/aromatic N) is 3. The van der Waals surface area contributed by atoms with Crippen molar-refractivity contribution in [2.45, 2.75) is 23.5 Å². The van der Waals surface area contributed by atoms with Crippen LogP contribution in [-0.4, -0.2) is 21.3 Å². The molecule has 8 heteroatoms. The summed E-state index contributed by atoms with van der Waals surface area (Å²) < 4.78 is 40.5. The second kappa shape index (κ2) is 6.48. The maximum atomic E-state index is 12.9. The van der Waals surface area contributed by atoms with Crippen molar-refractivity contribution in [3.63, 3.8) is 0 Å². The van der Waals surface area contributed by atoms with Gasteiger partial charge in [0.25, 0.3) is 0 Å². The van der Waals surface area contributed by atoms with Crippen LogP contribution in [-0.2, 0) is 25.4 Å². The summed E-state index contributed by atoms with van der Waals surface area (Å²) in [4.78, 5) is 0. The Labute approximate surface area is 124 Å². The lowest BCUT2D eigenvalue weighted by atomic mass is 10.1. The molecule has 2 rings (SSSR count). The van der Waals surface area contributed by atoms with E-state index in [9.17, 15) is 13.2 Å². The fourth-order valence-corrected chi connectivity index (χ4v) is 2.82. The Balaban J connectivity index is 2.14. The minimum atomic E-state index is -4.35. The molecular formula is C13H15F3N4S. The Hall–Kier alpha value is -1.54. The number of alkyl halides is 3. The van der Waals surface area contributed by atoms with Crippen molar-refractivity contribution in [1.82, 2.24) is 14.8 Å². The van der Waals surface area contributed by atoms with Gasteiger partial charge in [-0.05, 0) is 18.2 Å². The highest BCUT2D eigenvalue weighted by atomic mass is 32.2. The predicted molar refractivity (Wildman–Crippen MR) is 74.8 cm³/mol. The number of thioether (sulfide) groups is 1. The fraction of sp³-hybridized carbons (Fsp3) is 0.385. The van der Waals surface area contributed by atoms with E-state index in [0.717, 1.165) is 11.9 Å². The quantitative estimate of drug-likeness (QED) is 0.862. The van der Waals surface area contributed by atoms with Gasteiger partial charge in [-0.25, -0.2) is 0 Å². The average molecular weight is 316 g/mol. The fourth-order valence-electron chi connectivity index (χ4n) is 1.88. The molecule has 0 radical (unpaired) electrons. The zero-order chi connectivity index (χ0) is 15.5. The highest BCUT2D eigenvalue weighted by Crippen LogP contribution is 2.34. The molecule has 1 aromatic heterocycles. The second-order valence-electron chi connectivity index (χ2n) is 4.44. The first-order valence-electron chi connectivity index (χ1n) is 6.29. The van der Waals surface area contributed by atoms with Gasteiger partial charge in [0.05, 0.1) is 5.56 Å². The van der Waals surface area contributed by atoms with Crippen LogP contribution in [0.5, 0.6) is 0 Å². The lowest BCUT2D eigenvalue weighted by Gasteiger charge is -2.12. The van der Waals surface area contributed by atoms with Gasteiger partial charge >= 0.3 is 6.18 Å². The molecule has 0 aliphatic carbocycles. The number of rotatable bonds is 5. The van der Waals surface area contributed by atoms with Gasteiger partial charge < -0.3 is 10.3 Å². The van der Waals surface area contributed by atoms with Crippen LogP contribution in [0, 0.1) is 0 Å². The first-order chi connectivity index (χ1) is 9.93. The van der Waals surface area contributed by atoms with Crippen LogP contribution in [0.4, 0.5) is 13.2 Å². The molecule has 0 fully saturated rings. The molecule has 0 unspecified atom stereocenters. The Kier molecular flexibility index (Phi) is 4.89. The molecule has 0 amide bonds. The lowest BCUT2D eigenvalue weighted by molar-refractivity contribution is -0.138. The summed E-state index contributed by atoms with van der Waals surface area (Å²) in [5.41, 5.74) is 5.08. The highest BCUT2D eigenvalue weighted by Gasteiger charge is 2.32. The van der Waals surface area contributed by atoms with E-state index in [0.29, 0.717) is 18.1 Å². The first-order valence-corrected chi connectivity index (χ1v) is 7.28. The monoisotopic (exact) mass is 316 g/mol. The molecule has 4 nitrogen and oxygen atoms in total. The Bertz CT molecular complexity index is 610. The van der Waals surface area contributed by atoms with Crippen LogP contribution in [0.3, 0.4) is 0 Å². The van der Waals surface area contributed by atoms with E-state index in [2.05, 4.69) is 10.2 Å². The summed E-state index contributed by atoms with van der Waals surface area (Å²) in [5.74, 6) is 0.911. The van der Waals surface area contributed by atoms with Gasteiger partial charge in [-0.2, -0.15) is 13.2 Å². The van der Waals surface area contributed by atoms with E-state index < -0.39 is 11.7 Å². The first kappa shape index (κ1) is 15.8. The second-order valence-corrected chi connectivity index (χ2v) is 5.38. The molecule has 0 aliphatic heterocycles. The molecule has 0 saturated heterocycles. The van der Waals surface area contributed by atoms with E-state index in [-0.39, 0.29) is 11.3 Å². The summed E-state index contributed by atoms with van der Waals surface area (Å²) >= 11 is 1.23. The molecular weight excluding hydrogens is 301 g/mol. The molecule has 0 spiro atoms. The van der Waals surface area contributed by atoms with Crippen LogP contribution < -0.4 is 5.73 Å². The molecule has 1 heterocycles. The molecule has 0 aliphatic rings. The standard InChI is InChI=1S/C13H15F3N4S/c1-20-11(6-7-17)18-19-12(20)21-8-9-4-2-3-5-10(9)13(14,15)16/h2-5H,6-8,17H2,1H3. The molecule has 0 saturated carbocycles. The molecule has 21 heavy (non-hydrogen) atoms. The van der Waals surface area contributed by atoms with Gasteiger partial charge in [-0.1, -0.05) is 30.0 Å². The molecule has 2 aromatic rings. The van der Waals surface area contributed by atoms with E-state index in [1.54, 1.807) is 17.7 Å². The van der Waals surface area contributed by atoms with Gasteiger partial charge in [0, 0.05) is 19.2 Å². The van der Waals surface area contributed by atoms with Crippen molar-refractivity contribution in [3.8, 4) is 0 Å². The minimum Gasteiger partial charge on any atom is -0.330 e. The number of hydrogen-bond donors (Lipinski definition) is 1. The van der Waals surface area contributed by atoms with Crippen molar-refractivity contribution in [2.24, 2.45) is 12.8 Å². The largest absolute Gasteiger partial charge is 0.416 e. The van der Waals surface area contributed by atoms with Crippen molar-refractivity contribution in [2.75, 3.05) is 6.54 Å². The van der Waals surface area contributed by atoms with Gasteiger partial charge in [0.1, 0.15) is 5.82 Å². The Morgan fingerprint density at radius 3 is 2.62 bits per heavy atom. The third kappa shape index (κ3) is 3.76. The number of halogens is 3. The summed E-state index contributed by atoms with van der Waals surface area (Å²) in [6, 6.07) is 5.56. The molecule has 0 atom stereocenters. The van der Waals surface area contributed by atoms with Crippen molar-refractivity contribution in [3.05, 3.63) is 41.2 Å². The topological polar surface area (TPSA) is 56.7 Å². The summed E-state index contributed by atoms with van der Waals surface area (Å²) in [6.07, 6.45) is -3.76. The smallest absolute Gasteiger partial charge is 0.330 e. The number of nitrogens with two attached hydrogens (primary N) is 1. The molecule has 1 aromatic carbocycles. The van der Waals surface area contributed by atoms with Gasteiger partial charge in [-0.15, -0.1) is 10.2 Å². The summed E-state index contributed by atoms with van der Waals surface area (Å²) in [6.45, 7) is 0.452. The van der Waals surface area contributed by atoms with Crippen molar-refractivity contribution >= 4 is 11.8 Å². The maximum Gasteiger partial charge on any atom is 0.416 e. The SMILES string of the molecule is Cn1c(CCN)nnc1SCc1ccccc1C(F)(F)F. The third-order valence-electron chi connectivity index (χ3n) is 2.97. The van der Waals surface area contributed by atoms with Gasteiger partial charge in [-0.3, -0.25) is 0 Å². The van der Waals surface area contributed by atoms with E-state index >= 15 is 0 Å². The van der Waals surface area contributed by atoms with Crippen molar-refractivity contribution in [1.29, 1.82) is 0 Å².